The maximum atomic E-state index is 12.7. The molecule has 0 spiro atoms. The second-order valence-corrected chi connectivity index (χ2v) is 7.89. The number of aryl methyl sites for hydroxylation is 1. The van der Waals surface area contributed by atoms with Gasteiger partial charge in [-0.2, -0.15) is 0 Å². The fourth-order valence-corrected chi connectivity index (χ4v) is 3.62. The van der Waals surface area contributed by atoms with Crippen LogP contribution >= 0.6 is 0 Å². The lowest BCUT2D eigenvalue weighted by Gasteiger charge is -2.31. The molecule has 1 saturated carbocycles. The van der Waals surface area contributed by atoms with Gasteiger partial charge in [0.25, 0.3) is 5.91 Å². The largest absolute Gasteiger partial charge is 0.455 e. The Labute approximate surface area is 160 Å². The molecule has 6 nitrogen and oxygen atoms in total. The van der Waals surface area contributed by atoms with Crippen LogP contribution in [0, 0.1) is 12.8 Å². The zero-order valence-electron chi connectivity index (χ0n) is 16.1. The van der Waals surface area contributed by atoms with Crippen molar-refractivity contribution in [1.29, 1.82) is 0 Å². The second kappa shape index (κ2) is 7.82. The van der Waals surface area contributed by atoms with Crippen LogP contribution < -0.4 is 5.32 Å². The van der Waals surface area contributed by atoms with E-state index < -0.39 is 0 Å². The van der Waals surface area contributed by atoms with Crippen molar-refractivity contribution in [2.24, 2.45) is 5.92 Å². The van der Waals surface area contributed by atoms with Crippen LogP contribution in [-0.2, 0) is 6.54 Å². The quantitative estimate of drug-likeness (QED) is 0.849. The molecule has 1 amide bonds. The van der Waals surface area contributed by atoms with Crippen LogP contribution in [0.4, 0.5) is 0 Å². The van der Waals surface area contributed by atoms with E-state index in [1.165, 1.54) is 0 Å². The minimum Gasteiger partial charge on any atom is -0.455 e. The third-order valence-electron chi connectivity index (χ3n) is 5.50. The highest BCUT2D eigenvalue weighted by Crippen LogP contribution is 2.40. The zero-order valence-corrected chi connectivity index (χ0v) is 16.1. The van der Waals surface area contributed by atoms with E-state index in [-0.39, 0.29) is 11.9 Å². The molecule has 27 heavy (non-hydrogen) atoms. The Kier molecular flexibility index (Phi) is 5.27. The molecule has 1 aliphatic carbocycles. The van der Waals surface area contributed by atoms with E-state index in [0.29, 0.717) is 11.7 Å². The molecule has 2 aromatic rings. The normalized spacial score (nSPS) is 19.8. The van der Waals surface area contributed by atoms with Crippen molar-refractivity contribution >= 4 is 5.91 Å². The summed E-state index contributed by atoms with van der Waals surface area (Å²) in [5.41, 5.74) is 2.10. The van der Waals surface area contributed by atoms with Gasteiger partial charge in [-0.15, -0.1) is 0 Å². The Hall–Kier alpha value is -2.18. The second-order valence-electron chi connectivity index (χ2n) is 7.89. The zero-order chi connectivity index (χ0) is 18.8. The highest BCUT2D eigenvalue weighted by Gasteiger charge is 2.35. The molecule has 2 aliphatic rings. The average molecular weight is 368 g/mol. The van der Waals surface area contributed by atoms with Crippen LogP contribution in [0.5, 0.6) is 0 Å². The number of pyridine rings is 1. The van der Waals surface area contributed by atoms with E-state index in [2.05, 4.69) is 33.2 Å². The highest BCUT2D eigenvalue weighted by atomic mass is 16.4. The van der Waals surface area contributed by atoms with Crippen molar-refractivity contribution in [3.8, 4) is 0 Å². The minimum atomic E-state index is -0.153. The van der Waals surface area contributed by atoms with Crippen LogP contribution in [0.1, 0.15) is 46.5 Å². The third kappa shape index (κ3) is 4.57. The number of furan rings is 1. The summed E-state index contributed by atoms with van der Waals surface area (Å²) in [7, 11) is 2.14. The molecule has 6 heteroatoms. The summed E-state index contributed by atoms with van der Waals surface area (Å²) in [6, 6.07) is 7.71. The number of carbonyl (C=O) groups excluding carboxylic acids is 1. The first kappa shape index (κ1) is 18.2. The van der Waals surface area contributed by atoms with Crippen LogP contribution in [0.3, 0.4) is 0 Å². The Balaban J connectivity index is 1.39. The van der Waals surface area contributed by atoms with E-state index in [0.717, 1.165) is 62.6 Å². The molecule has 2 aromatic heterocycles. The Bertz CT molecular complexity index is 791. The van der Waals surface area contributed by atoms with Gasteiger partial charge in [0.1, 0.15) is 5.76 Å². The molecule has 1 N–H and O–H groups in total. The molecule has 0 bridgehead atoms. The first-order valence-corrected chi connectivity index (χ1v) is 9.81. The highest BCUT2D eigenvalue weighted by molar-refractivity contribution is 5.91. The summed E-state index contributed by atoms with van der Waals surface area (Å²) in [4.78, 5) is 21.9. The van der Waals surface area contributed by atoms with E-state index >= 15 is 0 Å². The Morgan fingerprint density at radius 2 is 2.04 bits per heavy atom. The number of nitrogens with zero attached hydrogens (tertiary/aromatic N) is 3. The maximum Gasteiger partial charge on any atom is 0.287 e. The fraction of sp³-hybridized carbons (Fsp3) is 0.524. The smallest absolute Gasteiger partial charge is 0.287 e. The Morgan fingerprint density at radius 3 is 2.74 bits per heavy atom. The van der Waals surface area contributed by atoms with Gasteiger partial charge in [-0.1, -0.05) is 0 Å². The van der Waals surface area contributed by atoms with Gasteiger partial charge in [0, 0.05) is 32.4 Å². The van der Waals surface area contributed by atoms with Gasteiger partial charge < -0.3 is 14.6 Å². The molecule has 0 radical (unpaired) electrons. The molecular weight excluding hydrogens is 340 g/mol. The average Bonchev–Trinajstić information content (AvgIpc) is 3.39. The molecule has 1 saturated heterocycles. The lowest BCUT2D eigenvalue weighted by Crippen LogP contribution is -2.43. The summed E-state index contributed by atoms with van der Waals surface area (Å²) in [6.07, 6.45) is 4.08. The van der Waals surface area contributed by atoms with Gasteiger partial charge in [0.15, 0.2) is 5.76 Å². The van der Waals surface area contributed by atoms with Crippen molar-refractivity contribution < 1.29 is 9.21 Å². The fourth-order valence-electron chi connectivity index (χ4n) is 3.62. The van der Waals surface area contributed by atoms with E-state index in [1.807, 2.05) is 25.3 Å². The molecule has 1 atom stereocenters. The van der Waals surface area contributed by atoms with Crippen LogP contribution in [-0.4, -0.2) is 53.9 Å². The summed E-state index contributed by atoms with van der Waals surface area (Å²) >= 11 is 0. The van der Waals surface area contributed by atoms with Gasteiger partial charge >= 0.3 is 0 Å². The van der Waals surface area contributed by atoms with Crippen molar-refractivity contribution in [3.63, 3.8) is 0 Å². The molecule has 4 rings (SSSR count). The number of carbonyl (C=O) groups is 1. The molecule has 2 fully saturated rings. The number of amides is 1. The van der Waals surface area contributed by atoms with E-state index in [9.17, 15) is 4.79 Å². The summed E-state index contributed by atoms with van der Waals surface area (Å²) < 4.78 is 5.85. The molecule has 1 aliphatic heterocycles. The lowest BCUT2D eigenvalue weighted by atomic mass is 10.1. The molecular formula is C21H28N4O2. The number of piperazine rings is 1. The van der Waals surface area contributed by atoms with Crippen LogP contribution in [0.2, 0.25) is 0 Å². The summed E-state index contributed by atoms with van der Waals surface area (Å²) in [5.74, 6) is 1.56. The standard InChI is InChI=1S/C21H28N4O2/c1-15-7-8-22-18(13-15)20(16-3-4-16)23-21(26)19-6-5-17(27-19)14-25-11-9-24(2)10-12-25/h5-8,13,16,20H,3-4,9-12,14H2,1-2H3,(H,23,26). The number of aromatic nitrogens is 1. The van der Waals surface area contributed by atoms with E-state index in [4.69, 9.17) is 4.42 Å². The topological polar surface area (TPSA) is 61.6 Å². The lowest BCUT2D eigenvalue weighted by molar-refractivity contribution is 0.0895. The number of nitrogens with one attached hydrogen (secondary N) is 1. The van der Waals surface area contributed by atoms with Crippen molar-refractivity contribution in [2.75, 3.05) is 33.2 Å². The molecule has 3 heterocycles. The van der Waals surface area contributed by atoms with Crippen LogP contribution in [0.25, 0.3) is 0 Å². The number of likely N-dealkylation sites (N-methyl/N-ethyl adjacent to an activating group) is 1. The third-order valence-corrected chi connectivity index (χ3v) is 5.50. The number of hydrogen-bond acceptors (Lipinski definition) is 5. The number of hydrogen-bond donors (Lipinski definition) is 1. The van der Waals surface area contributed by atoms with Gasteiger partial charge in [-0.3, -0.25) is 14.7 Å². The monoisotopic (exact) mass is 368 g/mol. The molecule has 1 unspecified atom stereocenters. The van der Waals surface area contributed by atoms with Gasteiger partial charge in [0.05, 0.1) is 18.3 Å². The van der Waals surface area contributed by atoms with Gasteiger partial charge in [-0.05, 0) is 62.6 Å². The SMILES string of the molecule is Cc1ccnc(C(NC(=O)c2ccc(CN3CCN(C)CC3)o2)C2CC2)c1. The van der Waals surface area contributed by atoms with Crippen molar-refractivity contribution in [1.82, 2.24) is 20.1 Å². The predicted octanol–water partition coefficient (Wildman–Crippen LogP) is 2.61. The molecule has 0 aromatic carbocycles. The maximum absolute atomic E-state index is 12.7. The first-order chi connectivity index (χ1) is 13.1. The summed E-state index contributed by atoms with van der Waals surface area (Å²) in [6.45, 7) is 7.00. The van der Waals surface area contributed by atoms with E-state index in [1.54, 1.807) is 6.07 Å². The molecule has 144 valence electrons. The van der Waals surface area contributed by atoms with Crippen molar-refractivity contribution in [3.05, 3.63) is 53.2 Å². The Morgan fingerprint density at radius 1 is 1.26 bits per heavy atom. The van der Waals surface area contributed by atoms with Gasteiger partial charge in [-0.25, -0.2) is 0 Å². The number of rotatable bonds is 6. The van der Waals surface area contributed by atoms with Crippen LogP contribution in [0.15, 0.2) is 34.9 Å². The van der Waals surface area contributed by atoms with Crippen molar-refractivity contribution in [2.45, 2.75) is 32.4 Å². The summed E-state index contributed by atoms with van der Waals surface area (Å²) in [5, 5.41) is 3.15. The van der Waals surface area contributed by atoms with Gasteiger partial charge in [0.2, 0.25) is 0 Å². The minimum absolute atomic E-state index is 0.0384. The predicted molar refractivity (Wildman–Crippen MR) is 103 cm³/mol. The first-order valence-electron chi connectivity index (χ1n) is 9.81.